The van der Waals surface area contributed by atoms with Crippen LogP contribution in [0.3, 0.4) is 0 Å². The highest BCUT2D eigenvalue weighted by Gasteiger charge is 2.20. The number of nitriles is 2. The number of hydrogen-bond acceptors (Lipinski definition) is 6. The van der Waals surface area contributed by atoms with E-state index in [1.807, 2.05) is 54.6 Å². The van der Waals surface area contributed by atoms with Gasteiger partial charge in [0.25, 0.3) is 0 Å². The standard InChI is InChI=1S/C20H15N5S/c21-10-15-18(13-6-2-1-3-7-13)16(11-22)20(25-19(15)24)26-12-14-8-4-5-9-17(14)23/h1-9H,12,23H2,(H2,24,25). The molecule has 0 bridgehead atoms. The minimum atomic E-state index is 0.119. The molecule has 1 aromatic heterocycles. The first kappa shape index (κ1) is 17.3. The average Bonchev–Trinajstić information content (AvgIpc) is 2.67. The first-order valence-corrected chi connectivity index (χ1v) is 8.79. The summed E-state index contributed by atoms with van der Waals surface area (Å²) in [5.74, 6) is 0.669. The van der Waals surface area contributed by atoms with Gasteiger partial charge in [-0.2, -0.15) is 10.5 Å². The fraction of sp³-hybridized carbons (Fsp3) is 0.0500. The molecule has 0 spiro atoms. The van der Waals surface area contributed by atoms with Gasteiger partial charge in [0.15, 0.2) is 0 Å². The van der Waals surface area contributed by atoms with E-state index in [-0.39, 0.29) is 11.4 Å². The summed E-state index contributed by atoms with van der Waals surface area (Å²) in [6.45, 7) is 0. The summed E-state index contributed by atoms with van der Waals surface area (Å²) < 4.78 is 0. The molecule has 0 amide bonds. The average molecular weight is 357 g/mol. The van der Waals surface area contributed by atoms with Crippen molar-refractivity contribution in [2.75, 3.05) is 11.5 Å². The van der Waals surface area contributed by atoms with Crippen molar-refractivity contribution in [3.63, 3.8) is 0 Å². The van der Waals surface area contributed by atoms with E-state index in [9.17, 15) is 10.5 Å². The van der Waals surface area contributed by atoms with E-state index in [0.29, 0.717) is 27.6 Å². The van der Waals surface area contributed by atoms with Gasteiger partial charge in [0.2, 0.25) is 0 Å². The zero-order valence-corrected chi connectivity index (χ0v) is 14.6. The maximum Gasteiger partial charge on any atom is 0.143 e. The van der Waals surface area contributed by atoms with Gasteiger partial charge in [-0.25, -0.2) is 4.98 Å². The number of para-hydroxylation sites is 1. The molecule has 0 saturated carbocycles. The molecule has 1 heterocycles. The van der Waals surface area contributed by atoms with Crippen LogP contribution >= 0.6 is 11.8 Å². The topological polar surface area (TPSA) is 113 Å². The number of rotatable bonds is 4. The van der Waals surface area contributed by atoms with E-state index in [1.165, 1.54) is 11.8 Å². The number of anilines is 2. The first-order valence-electron chi connectivity index (χ1n) is 7.81. The molecular weight excluding hydrogens is 342 g/mol. The van der Waals surface area contributed by atoms with Gasteiger partial charge in [-0.3, -0.25) is 0 Å². The van der Waals surface area contributed by atoms with E-state index in [1.54, 1.807) is 0 Å². The lowest BCUT2D eigenvalue weighted by molar-refractivity contribution is 1.11. The Morgan fingerprint density at radius 3 is 2.19 bits per heavy atom. The van der Waals surface area contributed by atoms with E-state index in [2.05, 4.69) is 17.1 Å². The molecule has 3 rings (SSSR count). The number of thioether (sulfide) groups is 1. The van der Waals surface area contributed by atoms with Gasteiger partial charge in [0, 0.05) is 17.0 Å². The number of nitrogens with two attached hydrogens (primary N) is 2. The largest absolute Gasteiger partial charge is 0.398 e. The highest BCUT2D eigenvalue weighted by Crippen LogP contribution is 2.36. The van der Waals surface area contributed by atoms with Gasteiger partial charge in [-0.05, 0) is 17.2 Å². The van der Waals surface area contributed by atoms with Crippen LogP contribution in [0.4, 0.5) is 11.5 Å². The van der Waals surface area contributed by atoms with Crippen molar-refractivity contribution in [1.82, 2.24) is 4.98 Å². The zero-order valence-electron chi connectivity index (χ0n) is 13.8. The first-order chi connectivity index (χ1) is 12.7. The highest BCUT2D eigenvalue weighted by atomic mass is 32.2. The zero-order chi connectivity index (χ0) is 18.5. The van der Waals surface area contributed by atoms with Crippen LogP contribution in [0.5, 0.6) is 0 Å². The van der Waals surface area contributed by atoms with Crippen LogP contribution in [0.25, 0.3) is 11.1 Å². The minimum absolute atomic E-state index is 0.119. The molecule has 0 radical (unpaired) electrons. The van der Waals surface area contributed by atoms with E-state index in [4.69, 9.17) is 11.5 Å². The summed E-state index contributed by atoms with van der Waals surface area (Å²) in [6, 6.07) is 21.1. The van der Waals surface area contributed by atoms with Gasteiger partial charge in [-0.15, -0.1) is 11.8 Å². The van der Waals surface area contributed by atoms with E-state index < -0.39 is 0 Å². The number of aromatic nitrogens is 1. The Labute approximate surface area is 155 Å². The minimum Gasteiger partial charge on any atom is -0.398 e. The lowest BCUT2D eigenvalue weighted by atomic mass is 9.97. The Balaban J connectivity index is 2.10. The van der Waals surface area contributed by atoms with Gasteiger partial charge in [0.05, 0.1) is 5.56 Å². The van der Waals surface area contributed by atoms with Gasteiger partial charge in [0.1, 0.15) is 28.5 Å². The lowest BCUT2D eigenvalue weighted by Gasteiger charge is -2.13. The molecule has 0 saturated heterocycles. The van der Waals surface area contributed by atoms with Crippen LogP contribution in [0.2, 0.25) is 0 Å². The van der Waals surface area contributed by atoms with Crippen molar-refractivity contribution in [2.24, 2.45) is 0 Å². The smallest absolute Gasteiger partial charge is 0.143 e. The summed E-state index contributed by atoms with van der Waals surface area (Å²) in [7, 11) is 0. The van der Waals surface area contributed by atoms with Crippen LogP contribution in [0, 0.1) is 22.7 Å². The van der Waals surface area contributed by atoms with Gasteiger partial charge < -0.3 is 11.5 Å². The second-order valence-electron chi connectivity index (χ2n) is 5.50. The number of pyridine rings is 1. The van der Waals surface area contributed by atoms with Crippen molar-refractivity contribution >= 4 is 23.3 Å². The van der Waals surface area contributed by atoms with Crippen molar-refractivity contribution in [2.45, 2.75) is 10.8 Å². The highest BCUT2D eigenvalue weighted by molar-refractivity contribution is 7.98. The van der Waals surface area contributed by atoms with Crippen molar-refractivity contribution < 1.29 is 0 Å². The maximum atomic E-state index is 9.74. The van der Waals surface area contributed by atoms with Crippen molar-refractivity contribution in [1.29, 1.82) is 10.5 Å². The predicted molar refractivity (Wildman–Crippen MR) is 104 cm³/mol. The lowest BCUT2D eigenvalue weighted by Crippen LogP contribution is -2.03. The second-order valence-corrected chi connectivity index (χ2v) is 6.47. The monoisotopic (exact) mass is 357 g/mol. The molecule has 0 atom stereocenters. The molecule has 0 aliphatic rings. The number of nitrogen functional groups attached to an aromatic ring is 2. The number of nitrogens with zero attached hydrogens (tertiary/aromatic N) is 3. The third-order valence-corrected chi connectivity index (χ3v) is 4.92. The fourth-order valence-corrected chi connectivity index (χ4v) is 3.62. The fourth-order valence-electron chi connectivity index (χ4n) is 2.61. The molecule has 6 heteroatoms. The van der Waals surface area contributed by atoms with Crippen molar-refractivity contribution in [3.05, 3.63) is 71.3 Å². The molecule has 5 nitrogen and oxygen atoms in total. The molecule has 26 heavy (non-hydrogen) atoms. The van der Waals surface area contributed by atoms with E-state index in [0.717, 1.165) is 11.1 Å². The molecule has 0 fully saturated rings. The Kier molecular flexibility index (Phi) is 5.07. The molecule has 126 valence electrons. The van der Waals surface area contributed by atoms with Crippen LogP contribution < -0.4 is 11.5 Å². The third-order valence-electron chi connectivity index (χ3n) is 3.90. The number of hydrogen-bond donors (Lipinski definition) is 2. The molecule has 3 aromatic rings. The molecule has 0 unspecified atom stereocenters. The summed E-state index contributed by atoms with van der Waals surface area (Å²) in [5.41, 5.74) is 15.5. The van der Waals surface area contributed by atoms with Crippen LogP contribution in [-0.4, -0.2) is 4.98 Å². The van der Waals surface area contributed by atoms with Gasteiger partial charge >= 0.3 is 0 Å². The quantitative estimate of drug-likeness (QED) is 0.540. The van der Waals surface area contributed by atoms with Crippen LogP contribution in [-0.2, 0) is 5.75 Å². The normalized spacial score (nSPS) is 10.1. The summed E-state index contributed by atoms with van der Waals surface area (Å²) in [4.78, 5) is 4.30. The number of benzene rings is 2. The van der Waals surface area contributed by atoms with Crippen molar-refractivity contribution in [3.8, 4) is 23.3 Å². The second kappa shape index (κ2) is 7.60. The van der Waals surface area contributed by atoms with E-state index >= 15 is 0 Å². The Morgan fingerprint density at radius 2 is 1.54 bits per heavy atom. The maximum absolute atomic E-state index is 9.74. The SMILES string of the molecule is N#Cc1c(N)nc(SCc2ccccc2N)c(C#N)c1-c1ccccc1. The summed E-state index contributed by atoms with van der Waals surface area (Å²) in [6.07, 6.45) is 0. The predicted octanol–water partition coefficient (Wildman–Crippen LogP) is 3.95. The van der Waals surface area contributed by atoms with Crippen LogP contribution in [0.1, 0.15) is 16.7 Å². The molecular formula is C20H15N5S. The Bertz CT molecular complexity index is 1030. The van der Waals surface area contributed by atoms with Crippen LogP contribution in [0.15, 0.2) is 59.6 Å². The Hall–Kier alpha value is -3.48. The third kappa shape index (κ3) is 3.32. The summed E-state index contributed by atoms with van der Waals surface area (Å²) in [5, 5.41) is 19.7. The molecule has 0 aliphatic carbocycles. The van der Waals surface area contributed by atoms with Gasteiger partial charge in [-0.1, -0.05) is 48.5 Å². The Morgan fingerprint density at radius 1 is 0.885 bits per heavy atom. The molecule has 2 aromatic carbocycles. The molecule has 4 N–H and O–H groups in total. The molecule has 0 aliphatic heterocycles. The summed E-state index contributed by atoms with van der Waals surface area (Å²) >= 11 is 1.38.